The highest BCUT2D eigenvalue weighted by Crippen LogP contribution is 2.37. The van der Waals surface area contributed by atoms with Crippen LogP contribution in [0, 0.1) is 5.41 Å². The Balaban J connectivity index is 2.10. The highest BCUT2D eigenvalue weighted by atomic mass is 19.4. The van der Waals surface area contributed by atoms with Gasteiger partial charge in [-0.05, 0) is 31.2 Å². The Morgan fingerprint density at radius 3 is 2.52 bits per heavy atom. The molecule has 11 heteroatoms. The Kier molecular flexibility index (Phi) is 6.66. The summed E-state index contributed by atoms with van der Waals surface area (Å²) in [4.78, 5) is 20.8. The molecule has 2 heterocycles. The number of aromatic nitrogens is 2. The van der Waals surface area contributed by atoms with Gasteiger partial charge in [0.2, 0.25) is 5.89 Å². The van der Waals surface area contributed by atoms with Crippen molar-refractivity contribution in [3.63, 3.8) is 0 Å². The Labute approximate surface area is 188 Å². The van der Waals surface area contributed by atoms with Crippen molar-refractivity contribution in [2.24, 2.45) is 11.1 Å². The number of pyridine rings is 1. The van der Waals surface area contributed by atoms with E-state index >= 15 is 0 Å². The summed E-state index contributed by atoms with van der Waals surface area (Å²) >= 11 is 0. The van der Waals surface area contributed by atoms with Gasteiger partial charge in [0, 0.05) is 29.5 Å². The molecule has 4 N–H and O–H groups in total. The predicted molar refractivity (Wildman–Crippen MR) is 115 cm³/mol. The summed E-state index contributed by atoms with van der Waals surface area (Å²) in [5.74, 6) is -0.284. The summed E-state index contributed by atoms with van der Waals surface area (Å²) in [7, 11) is 1.33. The molecule has 0 bridgehead atoms. The second kappa shape index (κ2) is 8.99. The number of nitrogens with two attached hydrogens (primary N) is 1. The Bertz CT molecular complexity index is 1170. The molecular weight excluding hydrogens is 441 g/mol. The van der Waals surface area contributed by atoms with Gasteiger partial charge in [-0.25, -0.2) is 9.97 Å². The fourth-order valence-electron chi connectivity index (χ4n) is 3.08. The van der Waals surface area contributed by atoms with Crippen molar-refractivity contribution in [1.82, 2.24) is 15.3 Å². The number of halogens is 3. The first kappa shape index (κ1) is 24.5. The van der Waals surface area contributed by atoms with Crippen LogP contribution in [0.25, 0.3) is 22.4 Å². The van der Waals surface area contributed by atoms with Gasteiger partial charge in [0.15, 0.2) is 11.5 Å². The lowest BCUT2D eigenvalue weighted by Crippen LogP contribution is -2.36. The zero-order valence-corrected chi connectivity index (χ0v) is 18.6. The van der Waals surface area contributed by atoms with Gasteiger partial charge < -0.3 is 25.3 Å². The summed E-state index contributed by atoms with van der Waals surface area (Å²) in [6.07, 6.45) is -4.63. The third kappa shape index (κ3) is 5.09. The molecule has 0 saturated carbocycles. The van der Waals surface area contributed by atoms with Crippen LogP contribution in [0.3, 0.4) is 0 Å². The van der Waals surface area contributed by atoms with Crippen LogP contribution < -0.4 is 15.8 Å². The Morgan fingerprint density at radius 1 is 1.24 bits per heavy atom. The molecule has 8 nitrogen and oxygen atoms in total. The molecule has 2 aromatic heterocycles. The van der Waals surface area contributed by atoms with Gasteiger partial charge in [0.1, 0.15) is 17.0 Å². The predicted octanol–water partition coefficient (Wildman–Crippen LogP) is 3.69. The summed E-state index contributed by atoms with van der Waals surface area (Å²) in [6.45, 7) is 5.21. The molecule has 0 spiro atoms. The summed E-state index contributed by atoms with van der Waals surface area (Å²) < 4.78 is 50.5. The highest BCUT2D eigenvalue weighted by Gasteiger charge is 2.33. The number of benzene rings is 1. The molecule has 0 aliphatic heterocycles. The molecular formula is C22H25F3N4O4. The maximum atomic E-state index is 13.2. The van der Waals surface area contributed by atoms with Gasteiger partial charge in [-0.15, -0.1) is 0 Å². The van der Waals surface area contributed by atoms with E-state index in [1.165, 1.54) is 19.2 Å². The lowest BCUT2D eigenvalue weighted by Gasteiger charge is -2.21. The molecule has 1 atom stereocenters. The number of carbonyl (C=O) groups is 1. The average molecular weight is 466 g/mol. The van der Waals surface area contributed by atoms with Crippen LogP contribution in [-0.4, -0.2) is 41.2 Å². The molecule has 3 aromatic rings. The number of methoxy groups -OCH3 is 1. The van der Waals surface area contributed by atoms with Crippen molar-refractivity contribution in [3.05, 3.63) is 41.4 Å². The minimum atomic E-state index is -4.63. The molecule has 0 aliphatic carbocycles. The summed E-state index contributed by atoms with van der Waals surface area (Å²) in [5, 5.41) is 12.4. The normalized spacial score (nSPS) is 13.2. The topological polar surface area (TPSA) is 124 Å². The number of ether oxygens (including phenoxy) is 1. The molecule has 0 unspecified atom stereocenters. The first-order valence-electron chi connectivity index (χ1n) is 10.1. The largest absolute Gasteiger partial charge is 0.494 e. The van der Waals surface area contributed by atoms with Crippen molar-refractivity contribution in [2.45, 2.75) is 33.0 Å². The second-order valence-corrected chi connectivity index (χ2v) is 8.43. The number of nitrogens with zero attached hydrogens (tertiary/aromatic N) is 2. The van der Waals surface area contributed by atoms with E-state index in [2.05, 4.69) is 15.3 Å². The minimum absolute atomic E-state index is 0.00285. The van der Waals surface area contributed by atoms with E-state index in [-0.39, 0.29) is 41.8 Å². The number of hydrogen-bond acceptors (Lipinski definition) is 7. The maximum absolute atomic E-state index is 13.2. The van der Waals surface area contributed by atoms with Crippen molar-refractivity contribution >= 4 is 16.8 Å². The molecule has 33 heavy (non-hydrogen) atoms. The lowest BCUT2D eigenvalue weighted by atomic mass is 9.95. The third-order valence-corrected chi connectivity index (χ3v) is 5.00. The van der Waals surface area contributed by atoms with Gasteiger partial charge in [-0.3, -0.25) is 4.79 Å². The number of aliphatic hydroxyl groups excluding tert-OH is 1. The molecule has 3 rings (SSSR count). The number of oxazole rings is 1. The standard InChI is InChI=1S/C22H25F3N4O4/c1-11(26)18-17(19(31)27-9-21(2,3)10-30)29-20(33-18)13-5-7-14(32-4)16-12(13)6-8-15(28-16)22(23,24)25/h5-8,11,30H,9-10,26H2,1-4H3,(H,27,31)/t11-/m0/s1. The van der Waals surface area contributed by atoms with E-state index < -0.39 is 29.2 Å². The van der Waals surface area contributed by atoms with Crippen LogP contribution in [0.4, 0.5) is 13.2 Å². The highest BCUT2D eigenvalue weighted by molar-refractivity contribution is 5.98. The number of amides is 1. The number of hydrogen-bond donors (Lipinski definition) is 3. The van der Waals surface area contributed by atoms with Crippen LogP contribution in [0.2, 0.25) is 0 Å². The number of rotatable bonds is 7. The Hall–Kier alpha value is -3.18. The summed E-state index contributed by atoms with van der Waals surface area (Å²) in [6, 6.07) is 4.43. The molecule has 1 aromatic carbocycles. The van der Waals surface area contributed by atoms with Crippen LogP contribution >= 0.6 is 0 Å². The van der Waals surface area contributed by atoms with E-state index in [0.717, 1.165) is 6.07 Å². The average Bonchev–Trinajstić information content (AvgIpc) is 3.21. The minimum Gasteiger partial charge on any atom is -0.494 e. The number of alkyl halides is 3. The zero-order valence-electron chi connectivity index (χ0n) is 18.6. The number of fused-ring (bicyclic) bond motifs is 1. The van der Waals surface area contributed by atoms with Gasteiger partial charge in [0.05, 0.1) is 13.2 Å². The fraction of sp³-hybridized carbons (Fsp3) is 0.409. The number of nitrogens with one attached hydrogen (secondary N) is 1. The monoisotopic (exact) mass is 466 g/mol. The van der Waals surface area contributed by atoms with Gasteiger partial charge in [0.25, 0.3) is 5.91 Å². The fourth-order valence-corrected chi connectivity index (χ4v) is 3.08. The smallest absolute Gasteiger partial charge is 0.433 e. The van der Waals surface area contributed by atoms with Crippen molar-refractivity contribution < 1.29 is 32.2 Å². The van der Waals surface area contributed by atoms with Gasteiger partial charge >= 0.3 is 6.18 Å². The Morgan fingerprint density at radius 2 is 1.94 bits per heavy atom. The molecule has 0 fully saturated rings. The van der Waals surface area contributed by atoms with Crippen LogP contribution in [0.5, 0.6) is 5.75 Å². The van der Waals surface area contributed by atoms with E-state index in [1.807, 2.05) is 0 Å². The van der Waals surface area contributed by atoms with E-state index in [1.54, 1.807) is 26.8 Å². The number of aliphatic hydroxyl groups is 1. The van der Waals surface area contributed by atoms with Gasteiger partial charge in [-0.2, -0.15) is 13.2 Å². The lowest BCUT2D eigenvalue weighted by molar-refractivity contribution is -0.140. The van der Waals surface area contributed by atoms with E-state index in [0.29, 0.717) is 10.9 Å². The van der Waals surface area contributed by atoms with Crippen molar-refractivity contribution in [1.29, 1.82) is 0 Å². The number of carbonyl (C=O) groups excluding carboxylic acids is 1. The van der Waals surface area contributed by atoms with Crippen molar-refractivity contribution in [2.75, 3.05) is 20.3 Å². The quantitative estimate of drug-likeness (QED) is 0.485. The maximum Gasteiger partial charge on any atom is 0.433 e. The van der Waals surface area contributed by atoms with E-state index in [4.69, 9.17) is 14.9 Å². The van der Waals surface area contributed by atoms with Gasteiger partial charge in [-0.1, -0.05) is 13.8 Å². The first-order chi connectivity index (χ1) is 15.4. The van der Waals surface area contributed by atoms with Crippen LogP contribution in [0.1, 0.15) is 48.8 Å². The summed E-state index contributed by atoms with van der Waals surface area (Å²) in [5.41, 5.74) is 4.60. The third-order valence-electron chi connectivity index (χ3n) is 5.00. The molecule has 0 aliphatic rings. The first-order valence-corrected chi connectivity index (χ1v) is 10.1. The van der Waals surface area contributed by atoms with Crippen molar-refractivity contribution in [3.8, 4) is 17.2 Å². The zero-order chi connectivity index (χ0) is 24.6. The van der Waals surface area contributed by atoms with Crippen LogP contribution in [0.15, 0.2) is 28.7 Å². The SMILES string of the molecule is COc1ccc(-c2nc(C(=O)NCC(C)(C)CO)c([C@H](C)N)o2)c2ccc(C(F)(F)F)nc12. The second-order valence-electron chi connectivity index (χ2n) is 8.43. The molecule has 1 amide bonds. The van der Waals surface area contributed by atoms with E-state index in [9.17, 15) is 23.1 Å². The van der Waals surface area contributed by atoms with Crippen LogP contribution in [-0.2, 0) is 6.18 Å². The molecule has 178 valence electrons. The molecule has 0 saturated heterocycles. The molecule has 0 radical (unpaired) electrons.